The van der Waals surface area contributed by atoms with Crippen molar-refractivity contribution in [3.8, 4) is 0 Å². The van der Waals surface area contributed by atoms with E-state index in [2.05, 4.69) is 32.1 Å². The normalized spacial score (nSPS) is 16.7. The molecule has 0 spiro atoms. The van der Waals surface area contributed by atoms with Gasteiger partial charge in [0.15, 0.2) is 11.3 Å². The number of hydrogen-bond donors (Lipinski definition) is 1. The second-order valence-electron chi connectivity index (χ2n) is 5.84. The molecule has 1 aliphatic heterocycles. The molecule has 7 heteroatoms. The van der Waals surface area contributed by atoms with E-state index in [4.69, 9.17) is 0 Å². The number of aromatic nitrogens is 3. The zero-order valence-electron chi connectivity index (χ0n) is 13.6. The topological polar surface area (TPSA) is 65.8 Å². The van der Waals surface area contributed by atoms with Gasteiger partial charge in [0.2, 0.25) is 0 Å². The Morgan fingerprint density at radius 2 is 2.04 bits per heavy atom. The van der Waals surface area contributed by atoms with Gasteiger partial charge in [-0.05, 0) is 25.6 Å². The van der Waals surface area contributed by atoms with Gasteiger partial charge in [-0.15, -0.1) is 0 Å². The SMILES string of the molecule is CCN1CCN(CCCNC(=O)c2cc3ncccn3n2)CC1. The van der Waals surface area contributed by atoms with Crippen LogP contribution in [0.5, 0.6) is 0 Å². The first kappa shape index (κ1) is 15.9. The monoisotopic (exact) mass is 316 g/mol. The molecule has 0 atom stereocenters. The number of hydrogen-bond acceptors (Lipinski definition) is 5. The van der Waals surface area contributed by atoms with Crippen LogP contribution in [0.15, 0.2) is 24.5 Å². The fraction of sp³-hybridized carbons (Fsp3) is 0.562. The number of carbonyl (C=O) groups excluding carboxylic acids is 1. The molecule has 0 bridgehead atoms. The Balaban J connectivity index is 1.39. The van der Waals surface area contributed by atoms with Crippen LogP contribution < -0.4 is 5.32 Å². The van der Waals surface area contributed by atoms with Crippen LogP contribution in [0.1, 0.15) is 23.8 Å². The maximum Gasteiger partial charge on any atom is 0.271 e. The number of piperazine rings is 1. The number of nitrogens with one attached hydrogen (secondary N) is 1. The molecule has 0 aliphatic carbocycles. The Morgan fingerprint density at radius 1 is 1.26 bits per heavy atom. The molecule has 1 saturated heterocycles. The zero-order chi connectivity index (χ0) is 16.1. The van der Waals surface area contributed by atoms with Gasteiger partial charge in [-0.2, -0.15) is 5.10 Å². The van der Waals surface area contributed by atoms with Crippen LogP contribution in [0.2, 0.25) is 0 Å². The van der Waals surface area contributed by atoms with Gasteiger partial charge in [-0.25, -0.2) is 9.50 Å². The van der Waals surface area contributed by atoms with E-state index < -0.39 is 0 Å². The van der Waals surface area contributed by atoms with Crippen LogP contribution >= 0.6 is 0 Å². The summed E-state index contributed by atoms with van der Waals surface area (Å²) in [4.78, 5) is 21.2. The highest BCUT2D eigenvalue weighted by Gasteiger charge is 2.15. The summed E-state index contributed by atoms with van der Waals surface area (Å²) in [6.07, 6.45) is 4.44. The molecule has 0 radical (unpaired) electrons. The molecule has 23 heavy (non-hydrogen) atoms. The molecule has 0 saturated carbocycles. The number of likely N-dealkylation sites (N-methyl/N-ethyl adjacent to an activating group) is 1. The van der Waals surface area contributed by atoms with Crippen LogP contribution in [0.3, 0.4) is 0 Å². The minimum atomic E-state index is -0.133. The van der Waals surface area contributed by atoms with Crippen molar-refractivity contribution in [3.63, 3.8) is 0 Å². The predicted molar refractivity (Wildman–Crippen MR) is 88.5 cm³/mol. The van der Waals surface area contributed by atoms with Crippen molar-refractivity contribution in [2.75, 3.05) is 45.8 Å². The van der Waals surface area contributed by atoms with Crippen molar-refractivity contribution in [2.24, 2.45) is 0 Å². The number of carbonyl (C=O) groups is 1. The van der Waals surface area contributed by atoms with Gasteiger partial charge in [0.05, 0.1) is 0 Å². The molecule has 0 unspecified atom stereocenters. The van der Waals surface area contributed by atoms with Crippen LogP contribution in [0.4, 0.5) is 0 Å². The summed E-state index contributed by atoms with van der Waals surface area (Å²) in [5, 5.41) is 7.16. The lowest BCUT2D eigenvalue weighted by atomic mass is 10.3. The summed E-state index contributed by atoms with van der Waals surface area (Å²) in [7, 11) is 0. The minimum absolute atomic E-state index is 0.133. The number of amides is 1. The third-order valence-corrected chi connectivity index (χ3v) is 4.32. The lowest BCUT2D eigenvalue weighted by Gasteiger charge is -2.33. The third kappa shape index (κ3) is 4.05. The Labute approximate surface area is 136 Å². The van der Waals surface area contributed by atoms with Crippen LogP contribution in [0.25, 0.3) is 5.65 Å². The van der Waals surface area contributed by atoms with Gasteiger partial charge < -0.3 is 15.1 Å². The molecule has 2 aromatic rings. The van der Waals surface area contributed by atoms with Gasteiger partial charge in [0.1, 0.15) is 0 Å². The lowest BCUT2D eigenvalue weighted by molar-refractivity contribution is 0.0943. The molecule has 2 aromatic heterocycles. The third-order valence-electron chi connectivity index (χ3n) is 4.32. The second kappa shape index (κ2) is 7.52. The summed E-state index contributed by atoms with van der Waals surface area (Å²) in [5.41, 5.74) is 1.10. The highest BCUT2D eigenvalue weighted by molar-refractivity contribution is 5.93. The molecule has 1 aliphatic rings. The standard InChI is InChI=1S/C16H24N6O/c1-2-20-9-11-21(12-10-20)7-3-6-18-16(23)14-13-15-17-5-4-8-22(15)19-14/h4-5,8,13H,2-3,6-7,9-12H2,1H3,(H,18,23). The molecule has 3 heterocycles. The van der Waals surface area contributed by atoms with E-state index in [0.29, 0.717) is 17.9 Å². The van der Waals surface area contributed by atoms with E-state index in [1.165, 1.54) is 0 Å². The fourth-order valence-corrected chi connectivity index (χ4v) is 2.87. The Kier molecular flexibility index (Phi) is 5.19. The molecule has 3 rings (SSSR count). The van der Waals surface area contributed by atoms with E-state index in [9.17, 15) is 4.79 Å². The molecule has 124 valence electrons. The van der Waals surface area contributed by atoms with Crippen LogP contribution in [-0.4, -0.2) is 76.1 Å². The fourth-order valence-electron chi connectivity index (χ4n) is 2.87. The first-order chi connectivity index (χ1) is 11.3. The number of fused-ring (bicyclic) bond motifs is 1. The summed E-state index contributed by atoms with van der Waals surface area (Å²) < 4.78 is 1.61. The van der Waals surface area contributed by atoms with Gasteiger partial charge in [0, 0.05) is 51.2 Å². The van der Waals surface area contributed by atoms with Gasteiger partial charge in [0.25, 0.3) is 5.91 Å². The van der Waals surface area contributed by atoms with Gasteiger partial charge >= 0.3 is 0 Å². The Hall–Kier alpha value is -1.99. The van der Waals surface area contributed by atoms with E-state index in [1.807, 2.05) is 0 Å². The van der Waals surface area contributed by atoms with E-state index in [-0.39, 0.29) is 5.91 Å². The summed E-state index contributed by atoms with van der Waals surface area (Å²) in [6, 6.07) is 3.50. The van der Waals surface area contributed by atoms with E-state index >= 15 is 0 Å². The van der Waals surface area contributed by atoms with Crippen molar-refractivity contribution in [2.45, 2.75) is 13.3 Å². The maximum atomic E-state index is 12.1. The van der Waals surface area contributed by atoms with Crippen molar-refractivity contribution in [1.29, 1.82) is 0 Å². The smallest absolute Gasteiger partial charge is 0.271 e. The van der Waals surface area contributed by atoms with Crippen molar-refractivity contribution >= 4 is 11.6 Å². The first-order valence-electron chi connectivity index (χ1n) is 8.29. The average Bonchev–Trinajstić information content (AvgIpc) is 3.03. The van der Waals surface area contributed by atoms with Crippen molar-refractivity contribution in [3.05, 3.63) is 30.2 Å². The predicted octanol–water partition coefficient (Wildman–Crippen LogP) is 0.487. The maximum absolute atomic E-state index is 12.1. The van der Waals surface area contributed by atoms with Gasteiger partial charge in [-0.1, -0.05) is 6.92 Å². The first-order valence-corrected chi connectivity index (χ1v) is 8.29. The van der Waals surface area contributed by atoms with E-state index in [1.54, 1.807) is 29.0 Å². The highest BCUT2D eigenvalue weighted by Crippen LogP contribution is 2.03. The molecule has 1 fully saturated rings. The summed E-state index contributed by atoms with van der Waals surface area (Å²) in [5.74, 6) is -0.133. The second-order valence-corrected chi connectivity index (χ2v) is 5.84. The minimum Gasteiger partial charge on any atom is -0.351 e. The number of nitrogens with zero attached hydrogens (tertiary/aromatic N) is 5. The Morgan fingerprint density at radius 3 is 2.78 bits per heavy atom. The van der Waals surface area contributed by atoms with Crippen LogP contribution in [-0.2, 0) is 0 Å². The van der Waals surface area contributed by atoms with Crippen molar-refractivity contribution in [1.82, 2.24) is 29.7 Å². The molecule has 1 amide bonds. The molecule has 0 aromatic carbocycles. The lowest BCUT2D eigenvalue weighted by Crippen LogP contribution is -2.46. The molecular weight excluding hydrogens is 292 g/mol. The summed E-state index contributed by atoms with van der Waals surface area (Å²) in [6.45, 7) is 9.60. The Bertz CT molecular complexity index is 614. The van der Waals surface area contributed by atoms with E-state index in [0.717, 1.165) is 45.7 Å². The van der Waals surface area contributed by atoms with Crippen LogP contribution in [0, 0.1) is 0 Å². The van der Waals surface area contributed by atoms with Crippen molar-refractivity contribution < 1.29 is 4.79 Å². The summed E-state index contributed by atoms with van der Waals surface area (Å²) >= 11 is 0. The average molecular weight is 316 g/mol. The molecule has 7 nitrogen and oxygen atoms in total. The quantitative estimate of drug-likeness (QED) is 0.786. The number of rotatable bonds is 6. The molecule has 1 N–H and O–H groups in total. The zero-order valence-corrected chi connectivity index (χ0v) is 13.6. The van der Waals surface area contributed by atoms with Gasteiger partial charge in [-0.3, -0.25) is 4.79 Å². The molecular formula is C16H24N6O. The highest BCUT2D eigenvalue weighted by atomic mass is 16.1. The largest absolute Gasteiger partial charge is 0.351 e.